The number of hydrogen-bond donors (Lipinski definition) is 2. The monoisotopic (exact) mass is 520 g/mol. The van der Waals surface area contributed by atoms with E-state index < -0.39 is 0 Å². The van der Waals surface area contributed by atoms with E-state index in [0.717, 1.165) is 38.6 Å². The molecule has 1 aromatic rings. The van der Waals surface area contributed by atoms with Gasteiger partial charge in [-0.2, -0.15) is 0 Å². The van der Waals surface area contributed by atoms with Crippen molar-refractivity contribution in [1.29, 1.82) is 0 Å². The second-order valence-corrected chi connectivity index (χ2v) is 6.41. The van der Waals surface area contributed by atoms with E-state index in [1.165, 1.54) is 12.7 Å². The maximum atomic E-state index is 11.3. The Hall–Kier alpha value is -1.59. The Bertz CT molecular complexity index is 621. The Morgan fingerprint density at radius 1 is 1.21 bits per heavy atom. The van der Waals surface area contributed by atoms with Crippen LogP contribution in [0.25, 0.3) is 0 Å². The van der Waals surface area contributed by atoms with E-state index in [0.29, 0.717) is 25.5 Å². The lowest BCUT2D eigenvalue weighted by molar-refractivity contribution is -0.140. The van der Waals surface area contributed by atoms with E-state index in [9.17, 15) is 4.79 Å². The van der Waals surface area contributed by atoms with Crippen LogP contribution in [0.2, 0.25) is 0 Å². The molecular formula is C20H33IN4O4. The topological polar surface area (TPSA) is 84.4 Å². The van der Waals surface area contributed by atoms with Gasteiger partial charge in [-0.3, -0.25) is 14.7 Å². The highest BCUT2D eigenvalue weighted by molar-refractivity contribution is 14.0. The molecule has 2 N–H and O–H groups in total. The molecule has 0 amide bonds. The van der Waals surface area contributed by atoms with Crippen molar-refractivity contribution in [2.24, 2.45) is 4.99 Å². The van der Waals surface area contributed by atoms with Crippen LogP contribution >= 0.6 is 24.0 Å². The van der Waals surface area contributed by atoms with Gasteiger partial charge >= 0.3 is 5.97 Å². The lowest BCUT2D eigenvalue weighted by atomic mass is 10.0. The summed E-state index contributed by atoms with van der Waals surface area (Å²) in [5.41, 5.74) is 1.19. The van der Waals surface area contributed by atoms with Crippen LogP contribution in [0.15, 0.2) is 29.3 Å². The standard InChI is InChI=1S/C20H32N4O4.HI/c1-4-21-20(22-10-9-19(25)27-3)23-15-18(24-11-13-28-14-12-24)16-5-7-17(26-2)8-6-16;/h5-8,18H,4,9-15H2,1-3H3,(H2,21,22,23);1H. The number of methoxy groups -OCH3 is 2. The number of guanidine groups is 1. The van der Waals surface area contributed by atoms with Crippen LogP contribution in [0.3, 0.4) is 0 Å². The molecule has 0 bridgehead atoms. The Balaban J connectivity index is 0.00000420. The molecule has 164 valence electrons. The molecule has 0 aromatic heterocycles. The first kappa shape index (κ1) is 25.4. The van der Waals surface area contributed by atoms with Crippen LogP contribution in [0.5, 0.6) is 5.75 Å². The highest BCUT2D eigenvalue weighted by Gasteiger charge is 2.22. The van der Waals surface area contributed by atoms with Crippen molar-refractivity contribution in [3.8, 4) is 5.75 Å². The van der Waals surface area contributed by atoms with Crippen molar-refractivity contribution < 1.29 is 19.0 Å². The van der Waals surface area contributed by atoms with Crippen LogP contribution in [-0.2, 0) is 14.3 Å². The molecule has 9 heteroatoms. The lowest BCUT2D eigenvalue weighted by Gasteiger charge is -2.34. The fourth-order valence-corrected chi connectivity index (χ4v) is 3.05. The van der Waals surface area contributed by atoms with Crippen LogP contribution in [0.4, 0.5) is 0 Å². The molecule has 0 radical (unpaired) electrons. The van der Waals surface area contributed by atoms with Gasteiger partial charge in [0, 0.05) is 26.2 Å². The molecule has 1 fully saturated rings. The van der Waals surface area contributed by atoms with E-state index in [4.69, 9.17) is 14.5 Å². The SMILES string of the molecule is CCNC(=NCC(c1ccc(OC)cc1)N1CCOCC1)NCCC(=O)OC.I. The number of benzene rings is 1. The van der Waals surface area contributed by atoms with Gasteiger partial charge in [-0.05, 0) is 24.6 Å². The van der Waals surface area contributed by atoms with Gasteiger partial charge < -0.3 is 24.8 Å². The van der Waals surface area contributed by atoms with Crippen LogP contribution in [-0.4, -0.2) is 77.0 Å². The van der Waals surface area contributed by atoms with Crippen molar-refractivity contribution in [2.45, 2.75) is 19.4 Å². The highest BCUT2D eigenvalue weighted by atomic mass is 127. The number of carbonyl (C=O) groups excluding carboxylic acids is 1. The summed E-state index contributed by atoms with van der Waals surface area (Å²) in [7, 11) is 3.06. The minimum absolute atomic E-state index is 0. The third-order valence-corrected chi connectivity index (χ3v) is 4.60. The average Bonchev–Trinajstić information content (AvgIpc) is 2.74. The van der Waals surface area contributed by atoms with Crippen LogP contribution < -0.4 is 15.4 Å². The quantitative estimate of drug-likeness (QED) is 0.223. The molecule has 8 nitrogen and oxygen atoms in total. The second-order valence-electron chi connectivity index (χ2n) is 6.41. The molecule has 2 rings (SSSR count). The maximum absolute atomic E-state index is 11.3. The summed E-state index contributed by atoms with van der Waals surface area (Å²) >= 11 is 0. The third-order valence-electron chi connectivity index (χ3n) is 4.60. The zero-order valence-corrected chi connectivity index (χ0v) is 19.8. The number of nitrogens with zero attached hydrogens (tertiary/aromatic N) is 2. The molecule has 1 heterocycles. The number of halogens is 1. The van der Waals surface area contributed by atoms with Gasteiger partial charge in [-0.1, -0.05) is 12.1 Å². The number of hydrogen-bond acceptors (Lipinski definition) is 6. The molecular weight excluding hydrogens is 487 g/mol. The average molecular weight is 520 g/mol. The van der Waals surface area contributed by atoms with Gasteiger partial charge in [0.2, 0.25) is 0 Å². The number of nitrogens with one attached hydrogen (secondary N) is 2. The molecule has 1 saturated heterocycles. The summed E-state index contributed by atoms with van der Waals surface area (Å²) in [6.45, 7) is 7.04. The molecule has 0 aliphatic carbocycles. The Kier molecular flexibility index (Phi) is 12.6. The Labute approximate surface area is 190 Å². The number of morpholine rings is 1. The molecule has 1 aliphatic heterocycles. The summed E-state index contributed by atoms with van der Waals surface area (Å²) < 4.78 is 15.5. The number of esters is 1. The predicted octanol–water partition coefficient (Wildman–Crippen LogP) is 1.80. The molecule has 1 aliphatic rings. The van der Waals surface area contributed by atoms with Gasteiger partial charge in [0.15, 0.2) is 5.96 Å². The number of rotatable bonds is 9. The van der Waals surface area contributed by atoms with Gasteiger partial charge in [0.1, 0.15) is 5.75 Å². The van der Waals surface area contributed by atoms with Crippen LogP contribution in [0, 0.1) is 0 Å². The largest absolute Gasteiger partial charge is 0.497 e. The predicted molar refractivity (Wildman–Crippen MR) is 124 cm³/mol. The number of carbonyl (C=O) groups is 1. The Morgan fingerprint density at radius 3 is 2.48 bits per heavy atom. The maximum Gasteiger partial charge on any atom is 0.307 e. The molecule has 1 aromatic carbocycles. The number of aliphatic imine (C=N–C) groups is 1. The summed E-state index contributed by atoms with van der Waals surface area (Å²) in [5, 5.41) is 6.41. The van der Waals surface area contributed by atoms with Crippen molar-refractivity contribution in [3.05, 3.63) is 29.8 Å². The Morgan fingerprint density at radius 2 is 1.90 bits per heavy atom. The molecule has 0 saturated carbocycles. The van der Waals surface area contributed by atoms with Gasteiger partial charge in [0.25, 0.3) is 0 Å². The molecule has 29 heavy (non-hydrogen) atoms. The van der Waals surface area contributed by atoms with E-state index in [1.807, 2.05) is 19.1 Å². The van der Waals surface area contributed by atoms with Crippen molar-refractivity contribution in [1.82, 2.24) is 15.5 Å². The molecule has 1 unspecified atom stereocenters. The minimum atomic E-state index is -0.243. The van der Waals surface area contributed by atoms with Gasteiger partial charge in [0.05, 0.1) is 46.4 Å². The first-order valence-corrected chi connectivity index (χ1v) is 9.72. The fraction of sp³-hybridized carbons (Fsp3) is 0.600. The van der Waals surface area contributed by atoms with E-state index >= 15 is 0 Å². The zero-order valence-electron chi connectivity index (χ0n) is 17.5. The highest BCUT2D eigenvalue weighted by Crippen LogP contribution is 2.24. The first-order chi connectivity index (χ1) is 13.7. The van der Waals surface area contributed by atoms with Gasteiger partial charge in [-0.25, -0.2) is 0 Å². The summed E-state index contributed by atoms with van der Waals surface area (Å²) in [6, 6.07) is 8.28. The minimum Gasteiger partial charge on any atom is -0.497 e. The van der Waals surface area contributed by atoms with E-state index in [-0.39, 0.29) is 36.0 Å². The van der Waals surface area contributed by atoms with Crippen molar-refractivity contribution in [3.63, 3.8) is 0 Å². The molecule has 0 spiro atoms. The summed E-state index contributed by atoms with van der Waals surface area (Å²) in [6.07, 6.45) is 0.298. The third kappa shape index (κ3) is 8.75. The smallest absolute Gasteiger partial charge is 0.307 e. The summed E-state index contributed by atoms with van der Waals surface area (Å²) in [4.78, 5) is 18.5. The summed E-state index contributed by atoms with van der Waals surface area (Å²) in [5.74, 6) is 1.29. The second kappa shape index (κ2) is 14.4. The van der Waals surface area contributed by atoms with Crippen LogP contribution in [0.1, 0.15) is 24.9 Å². The van der Waals surface area contributed by atoms with E-state index in [2.05, 4.69) is 32.4 Å². The molecule has 1 atom stereocenters. The zero-order chi connectivity index (χ0) is 20.2. The lowest BCUT2D eigenvalue weighted by Crippen LogP contribution is -2.42. The normalized spacial score (nSPS) is 15.8. The number of ether oxygens (including phenoxy) is 3. The van der Waals surface area contributed by atoms with Crippen molar-refractivity contribution in [2.75, 3.05) is 60.2 Å². The van der Waals surface area contributed by atoms with Crippen molar-refractivity contribution >= 4 is 35.9 Å². The fourth-order valence-electron chi connectivity index (χ4n) is 3.05. The van der Waals surface area contributed by atoms with Gasteiger partial charge in [-0.15, -0.1) is 24.0 Å². The first-order valence-electron chi connectivity index (χ1n) is 9.72. The van der Waals surface area contributed by atoms with E-state index in [1.54, 1.807) is 7.11 Å².